The summed E-state index contributed by atoms with van der Waals surface area (Å²) in [5.41, 5.74) is 1.27. The minimum atomic E-state index is -0.554. The van der Waals surface area contributed by atoms with Gasteiger partial charge in [0.25, 0.3) is 5.91 Å². The van der Waals surface area contributed by atoms with E-state index in [-0.39, 0.29) is 19.1 Å². The summed E-state index contributed by atoms with van der Waals surface area (Å²) >= 11 is 1.77. The molecule has 0 spiro atoms. The molecule has 0 radical (unpaired) electrons. The molecule has 25 heavy (non-hydrogen) atoms. The number of benzene rings is 2. The van der Waals surface area contributed by atoms with Gasteiger partial charge in [-0.25, -0.2) is 0 Å². The van der Waals surface area contributed by atoms with Crippen molar-refractivity contribution in [3.05, 3.63) is 65.7 Å². The molecular formula is C20H23NO3S. The van der Waals surface area contributed by atoms with E-state index in [1.807, 2.05) is 42.5 Å². The van der Waals surface area contributed by atoms with E-state index >= 15 is 0 Å². The predicted molar refractivity (Wildman–Crippen MR) is 99.6 cm³/mol. The largest absolute Gasteiger partial charge is 0.396 e. The molecule has 0 atom stereocenters. The fourth-order valence-electron chi connectivity index (χ4n) is 3.03. The van der Waals surface area contributed by atoms with Crippen LogP contribution in [0, 0.1) is 5.41 Å². The summed E-state index contributed by atoms with van der Waals surface area (Å²) in [4.78, 5) is 15.6. The molecular weight excluding hydrogens is 334 g/mol. The van der Waals surface area contributed by atoms with E-state index in [0.717, 1.165) is 5.75 Å². The molecule has 0 aliphatic carbocycles. The first-order chi connectivity index (χ1) is 12.2. The van der Waals surface area contributed by atoms with Crippen LogP contribution in [0.1, 0.15) is 22.3 Å². The number of thioether (sulfide) groups is 1. The van der Waals surface area contributed by atoms with Gasteiger partial charge in [-0.05, 0) is 36.2 Å². The smallest absolute Gasteiger partial charge is 0.253 e. The summed E-state index contributed by atoms with van der Waals surface area (Å²) in [5.74, 6) is 0.825. The highest BCUT2D eigenvalue weighted by Crippen LogP contribution is 2.30. The number of nitrogens with zero attached hydrogens (tertiary/aromatic N) is 1. The predicted octanol–water partition coefficient (Wildman–Crippen LogP) is 2.80. The Bertz CT molecular complexity index is 699. The summed E-state index contributed by atoms with van der Waals surface area (Å²) in [6.07, 6.45) is 0.636. The standard InChI is InChI=1S/C20H23NO3S/c22-14-20(15-23)10-11-21(13-20)19(24)17-8-6-16(7-9-17)12-25-18-4-2-1-3-5-18/h1-9,22-23H,10-15H2. The van der Waals surface area contributed by atoms with Gasteiger partial charge in [0.05, 0.1) is 13.2 Å². The van der Waals surface area contributed by atoms with Crippen LogP contribution in [0.5, 0.6) is 0 Å². The van der Waals surface area contributed by atoms with E-state index in [4.69, 9.17) is 0 Å². The molecule has 1 amide bonds. The second-order valence-corrected chi connectivity index (χ2v) is 7.64. The monoisotopic (exact) mass is 357 g/mol. The lowest BCUT2D eigenvalue weighted by molar-refractivity contribution is 0.0548. The van der Waals surface area contributed by atoms with Crippen LogP contribution in [0.2, 0.25) is 0 Å². The number of amides is 1. The van der Waals surface area contributed by atoms with Gasteiger partial charge in [0.1, 0.15) is 0 Å². The Kier molecular flexibility index (Phi) is 5.78. The summed E-state index contributed by atoms with van der Waals surface area (Å²) < 4.78 is 0. The van der Waals surface area contributed by atoms with Crippen LogP contribution in [0.15, 0.2) is 59.5 Å². The molecule has 1 saturated heterocycles. The summed E-state index contributed by atoms with van der Waals surface area (Å²) in [6.45, 7) is 0.794. The molecule has 1 fully saturated rings. The van der Waals surface area contributed by atoms with E-state index in [1.54, 1.807) is 16.7 Å². The molecule has 2 aromatic carbocycles. The Morgan fingerprint density at radius 2 is 1.72 bits per heavy atom. The number of rotatable bonds is 6. The van der Waals surface area contributed by atoms with Crippen molar-refractivity contribution in [2.75, 3.05) is 26.3 Å². The first-order valence-corrected chi connectivity index (χ1v) is 9.42. The van der Waals surface area contributed by atoms with Crippen LogP contribution in [0.25, 0.3) is 0 Å². The number of carbonyl (C=O) groups excluding carboxylic acids is 1. The Morgan fingerprint density at radius 1 is 1.04 bits per heavy atom. The van der Waals surface area contributed by atoms with Crippen LogP contribution >= 0.6 is 11.8 Å². The molecule has 1 aliphatic heterocycles. The third-order valence-corrected chi connectivity index (χ3v) is 5.83. The quantitative estimate of drug-likeness (QED) is 0.781. The van der Waals surface area contributed by atoms with Crippen molar-refractivity contribution in [1.82, 2.24) is 4.90 Å². The zero-order valence-electron chi connectivity index (χ0n) is 14.1. The van der Waals surface area contributed by atoms with Gasteiger partial charge in [-0.2, -0.15) is 0 Å². The first-order valence-electron chi connectivity index (χ1n) is 8.44. The van der Waals surface area contributed by atoms with Gasteiger partial charge in [0.15, 0.2) is 0 Å². The van der Waals surface area contributed by atoms with Gasteiger partial charge in [-0.15, -0.1) is 11.8 Å². The van der Waals surface area contributed by atoms with Gasteiger partial charge in [0.2, 0.25) is 0 Å². The van der Waals surface area contributed by atoms with Crippen LogP contribution in [-0.4, -0.2) is 47.3 Å². The van der Waals surface area contributed by atoms with Gasteiger partial charge in [-0.3, -0.25) is 4.79 Å². The van der Waals surface area contributed by atoms with Crippen molar-refractivity contribution in [3.8, 4) is 0 Å². The van der Waals surface area contributed by atoms with Crippen LogP contribution < -0.4 is 0 Å². The Morgan fingerprint density at radius 3 is 2.32 bits per heavy atom. The van der Waals surface area contributed by atoms with Crippen molar-refractivity contribution in [3.63, 3.8) is 0 Å². The number of hydrogen-bond donors (Lipinski definition) is 2. The van der Waals surface area contributed by atoms with E-state index in [2.05, 4.69) is 12.1 Å². The van der Waals surface area contributed by atoms with Crippen molar-refractivity contribution < 1.29 is 15.0 Å². The maximum atomic E-state index is 12.6. The highest BCUT2D eigenvalue weighted by atomic mass is 32.2. The Balaban J connectivity index is 1.59. The van der Waals surface area contributed by atoms with Crippen LogP contribution in [0.4, 0.5) is 0 Å². The minimum Gasteiger partial charge on any atom is -0.396 e. The molecule has 0 unspecified atom stereocenters. The summed E-state index contributed by atoms with van der Waals surface area (Å²) in [5, 5.41) is 19.0. The average molecular weight is 357 g/mol. The molecule has 0 saturated carbocycles. The molecule has 2 aromatic rings. The maximum absolute atomic E-state index is 12.6. The van der Waals surface area contributed by atoms with E-state index in [1.165, 1.54) is 10.5 Å². The normalized spacial score (nSPS) is 16.2. The zero-order valence-corrected chi connectivity index (χ0v) is 14.9. The van der Waals surface area contributed by atoms with E-state index in [0.29, 0.717) is 25.1 Å². The molecule has 0 aromatic heterocycles. The average Bonchev–Trinajstić information content (AvgIpc) is 3.12. The summed E-state index contributed by atoms with van der Waals surface area (Å²) in [7, 11) is 0. The Labute approximate surface area is 152 Å². The molecule has 4 nitrogen and oxygen atoms in total. The number of carbonyl (C=O) groups is 1. The lowest BCUT2D eigenvalue weighted by Crippen LogP contribution is -2.36. The third kappa shape index (κ3) is 4.24. The number of aliphatic hydroxyl groups is 2. The molecule has 0 bridgehead atoms. The molecule has 1 heterocycles. The zero-order chi connectivity index (χ0) is 17.7. The maximum Gasteiger partial charge on any atom is 0.253 e. The van der Waals surface area contributed by atoms with E-state index < -0.39 is 5.41 Å². The second-order valence-electron chi connectivity index (χ2n) is 6.59. The lowest BCUT2D eigenvalue weighted by Gasteiger charge is -2.24. The Hall–Kier alpha value is -1.82. The molecule has 5 heteroatoms. The first kappa shape index (κ1) is 18.0. The molecule has 2 N–H and O–H groups in total. The topological polar surface area (TPSA) is 60.8 Å². The summed E-state index contributed by atoms with van der Waals surface area (Å²) in [6, 6.07) is 17.9. The van der Waals surface area contributed by atoms with Crippen LogP contribution in [0.3, 0.4) is 0 Å². The number of likely N-dealkylation sites (tertiary alicyclic amines) is 1. The molecule has 3 rings (SSSR count). The van der Waals surface area contributed by atoms with E-state index in [9.17, 15) is 15.0 Å². The third-order valence-electron chi connectivity index (χ3n) is 4.75. The van der Waals surface area contributed by atoms with Crippen LogP contribution in [-0.2, 0) is 5.75 Å². The minimum absolute atomic E-state index is 0.0361. The SMILES string of the molecule is O=C(c1ccc(CSc2ccccc2)cc1)N1CCC(CO)(CO)C1. The number of hydrogen-bond acceptors (Lipinski definition) is 4. The molecule has 132 valence electrons. The molecule has 1 aliphatic rings. The van der Waals surface area contributed by atoms with Crippen molar-refractivity contribution in [1.29, 1.82) is 0 Å². The van der Waals surface area contributed by atoms with Gasteiger partial charge in [-0.1, -0.05) is 30.3 Å². The fraction of sp³-hybridized carbons (Fsp3) is 0.350. The number of aliphatic hydroxyl groups excluding tert-OH is 2. The van der Waals surface area contributed by atoms with Gasteiger partial charge in [0, 0.05) is 34.7 Å². The van der Waals surface area contributed by atoms with Crippen molar-refractivity contribution in [2.45, 2.75) is 17.1 Å². The lowest BCUT2D eigenvalue weighted by atomic mass is 9.89. The van der Waals surface area contributed by atoms with Gasteiger partial charge >= 0.3 is 0 Å². The highest BCUT2D eigenvalue weighted by Gasteiger charge is 2.39. The fourth-order valence-corrected chi connectivity index (χ4v) is 3.90. The highest BCUT2D eigenvalue weighted by molar-refractivity contribution is 7.98. The van der Waals surface area contributed by atoms with Gasteiger partial charge < -0.3 is 15.1 Å². The van der Waals surface area contributed by atoms with Crippen molar-refractivity contribution >= 4 is 17.7 Å². The second kappa shape index (κ2) is 8.04. The van der Waals surface area contributed by atoms with Crippen molar-refractivity contribution in [2.24, 2.45) is 5.41 Å².